The SMILES string of the molecule is Cc1cc([N+](=O)[O-])ccc1N=C1NC(=O)/C(=C/c2cccc([N+](=O)[O-])c2)S1. The third kappa shape index (κ3) is 4.18. The number of non-ortho nitro benzene ring substituents is 2. The number of hydrogen-bond acceptors (Lipinski definition) is 7. The van der Waals surface area contributed by atoms with Crippen LogP contribution in [0.1, 0.15) is 11.1 Å². The highest BCUT2D eigenvalue weighted by atomic mass is 32.2. The summed E-state index contributed by atoms with van der Waals surface area (Å²) in [5.74, 6) is -0.371. The Balaban J connectivity index is 1.85. The number of aliphatic imine (C=N–C) groups is 1. The lowest BCUT2D eigenvalue weighted by atomic mass is 10.2. The van der Waals surface area contributed by atoms with Crippen molar-refractivity contribution in [3.05, 3.63) is 78.7 Å². The standard InChI is InChI=1S/C17H12N4O5S/c1-10-7-13(21(25)26)5-6-14(10)18-17-19-16(22)15(27-17)9-11-3-2-4-12(8-11)20(23)24/h2-9H,1H3,(H,18,19,22)/b15-9-. The first-order chi connectivity index (χ1) is 12.8. The van der Waals surface area contributed by atoms with Crippen LogP contribution in [0.15, 0.2) is 52.4 Å². The molecule has 1 aliphatic rings. The van der Waals surface area contributed by atoms with E-state index < -0.39 is 9.85 Å². The maximum Gasteiger partial charge on any atom is 0.270 e. The molecule has 27 heavy (non-hydrogen) atoms. The predicted octanol–water partition coefficient (Wildman–Crippen LogP) is 3.70. The topological polar surface area (TPSA) is 128 Å². The Hall–Kier alpha value is -3.53. The molecule has 1 saturated heterocycles. The maximum atomic E-state index is 12.1. The van der Waals surface area contributed by atoms with Crippen LogP contribution in [0.4, 0.5) is 17.1 Å². The lowest BCUT2D eigenvalue weighted by Gasteiger charge is -2.01. The number of nitrogens with one attached hydrogen (secondary N) is 1. The molecule has 0 spiro atoms. The number of benzene rings is 2. The number of amidine groups is 1. The van der Waals surface area contributed by atoms with Gasteiger partial charge >= 0.3 is 0 Å². The third-order valence-electron chi connectivity index (χ3n) is 3.64. The van der Waals surface area contributed by atoms with Crippen molar-refractivity contribution in [1.82, 2.24) is 5.32 Å². The second kappa shape index (κ2) is 7.38. The van der Waals surface area contributed by atoms with E-state index in [4.69, 9.17) is 0 Å². The number of hydrogen-bond donors (Lipinski definition) is 1. The molecule has 0 unspecified atom stereocenters. The number of carbonyl (C=O) groups excluding carboxylic acids is 1. The minimum Gasteiger partial charge on any atom is -0.300 e. The van der Waals surface area contributed by atoms with Crippen LogP contribution in [0.2, 0.25) is 0 Å². The number of carbonyl (C=O) groups is 1. The molecule has 1 aliphatic heterocycles. The van der Waals surface area contributed by atoms with Crippen LogP contribution in [0.3, 0.4) is 0 Å². The van der Waals surface area contributed by atoms with Crippen molar-refractivity contribution in [2.45, 2.75) is 6.92 Å². The molecule has 1 heterocycles. The molecular formula is C17H12N4O5S. The fraction of sp³-hybridized carbons (Fsp3) is 0.0588. The molecule has 0 radical (unpaired) electrons. The molecule has 136 valence electrons. The Morgan fingerprint density at radius 3 is 2.44 bits per heavy atom. The highest BCUT2D eigenvalue weighted by Crippen LogP contribution is 2.30. The molecule has 9 nitrogen and oxygen atoms in total. The molecule has 2 aromatic carbocycles. The average molecular weight is 384 g/mol. The van der Waals surface area contributed by atoms with Crippen molar-refractivity contribution >= 4 is 46.0 Å². The summed E-state index contributed by atoms with van der Waals surface area (Å²) in [7, 11) is 0. The predicted molar refractivity (Wildman–Crippen MR) is 102 cm³/mol. The number of nitro groups is 2. The zero-order valence-electron chi connectivity index (χ0n) is 13.9. The minimum absolute atomic E-state index is 0.0363. The highest BCUT2D eigenvalue weighted by Gasteiger charge is 2.24. The van der Waals surface area contributed by atoms with Gasteiger partial charge in [0, 0.05) is 24.3 Å². The zero-order valence-corrected chi connectivity index (χ0v) is 14.7. The summed E-state index contributed by atoms with van der Waals surface area (Å²) < 4.78 is 0. The van der Waals surface area contributed by atoms with E-state index in [0.29, 0.717) is 26.9 Å². The van der Waals surface area contributed by atoms with Crippen molar-refractivity contribution in [3.8, 4) is 0 Å². The Bertz CT molecular complexity index is 1030. The van der Waals surface area contributed by atoms with E-state index in [1.54, 1.807) is 13.0 Å². The fourth-order valence-corrected chi connectivity index (χ4v) is 3.18. The van der Waals surface area contributed by atoms with Crippen LogP contribution in [-0.4, -0.2) is 20.9 Å². The van der Waals surface area contributed by atoms with E-state index in [1.165, 1.54) is 42.5 Å². The van der Waals surface area contributed by atoms with Crippen LogP contribution >= 0.6 is 11.8 Å². The van der Waals surface area contributed by atoms with E-state index in [2.05, 4.69) is 10.3 Å². The van der Waals surface area contributed by atoms with Crippen molar-refractivity contribution in [3.63, 3.8) is 0 Å². The molecular weight excluding hydrogens is 372 g/mol. The Morgan fingerprint density at radius 2 is 1.78 bits per heavy atom. The van der Waals surface area contributed by atoms with Crippen LogP contribution in [0.25, 0.3) is 6.08 Å². The van der Waals surface area contributed by atoms with Gasteiger partial charge in [-0.3, -0.25) is 25.0 Å². The van der Waals surface area contributed by atoms with Gasteiger partial charge in [-0.05, 0) is 42.0 Å². The van der Waals surface area contributed by atoms with Crippen molar-refractivity contribution < 1.29 is 14.6 Å². The fourth-order valence-electron chi connectivity index (χ4n) is 2.35. The van der Waals surface area contributed by atoms with Gasteiger partial charge in [0.2, 0.25) is 0 Å². The Morgan fingerprint density at radius 1 is 1.07 bits per heavy atom. The van der Waals surface area contributed by atoms with Gasteiger partial charge in [0.15, 0.2) is 5.17 Å². The second-order valence-electron chi connectivity index (χ2n) is 5.56. The monoisotopic (exact) mass is 384 g/mol. The molecule has 1 fully saturated rings. The van der Waals surface area contributed by atoms with E-state index in [1.807, 2.05) is 0 Å². The second-order valence-corrected chi connectivity index (χ2v) is 6.59. The van der Waals surface area contributed by atoms with Gasteiger partial charge < -0.3 is 5.32 Å². The van der Waals surface area contributed by atoms with Gasteiger partial charge in [-0.15, -0.1) is 0 Å². The smallest absolute Gasteiger partial charge is 0.270 e. The van der Waals surface area contributed by atoms with Gasteiger partial charge in [0.1, 0.15) is 0 Å². The van der Waals surface area contributed by atoms with Crippen molar-refractivity contribution in [2.75, 3.05) is 0 Å². The summed E-state index contributed by atoms with van der Waals surface area (Å²) >= 11 is 1.09. The molecule has 0 aliphatic carbocycles. The summed E-state index contributed by atoms with van der Waals surface area (Å²) in [5, 5.41) is 24.6. The molecule has 1 N–H and O–H groups in total. The quantitative estimate of drug-likeness (QED) is 0.486. The summed E-state index contributed by atoms with van der Waals surface area (Å²) in [6.07, 6.45) is 1.54. The summed E-state index contributed by atoms with van der Waals surface area (Å²) in [6.45, 7) is 1.69. The number of aryl methyl sites for hydroxylation is 1. The molecule has 2 aromatic rings. The van der Waals surface area contributed by atoms with E-state index in [9.17, 15) is 25.0 Å². The summed E-state index contributed by atoms with van der Waals surface area (Å²) in [4.78, 5) is 37.4. The van der Waals surface area contributed by atoms with Crippen molar-refractivity contribution in [1.29, 1.82) is 0 Å². The first kappa shape index (κ1) is 18.3. The Labute approximate surface area is 157 Å². The zero-order chi connectivity index (χ0) is 19.6. The molecule has 0 atom stereocenters. The largest absolute Gasteiger partial charge is 0.300 e. The number of amides is 1. The van der Waals surface area contributed by atoms with Gasteiger partial charge in [0.05, 0.1) is 20.4 Å². The van der Waals surface area contributed by atoms with Gasteiger partial charge in [0.25, 0.3) is 17.3 Å². The molecule has 0 bridgehead atoms. The van der Waals surface area contributed by atoms with E-state index in [0.717, 1.165) is 11.8 Å². The van der Waals surface area contributed by atoms with Crippen LogP contribution in [0, 0.1) is 27.2 Å². The maximum absolute atomic E-state index is 12.1. The molecule has 10 heteroatoms. The molecule has 0 saturated carbocycles. The Kier molecular flexibility index (Phi) is 4.99. The number of nitro benzene ring substituents is 2. The minimum atomic E-state index is -0.506. The van der Waals surface area contributed by atoms with Crippen molar-refractivity contribution in [2.24, 2.45) is 4.99 Å². The summed E-state index contributed by atoms with van der Waals surface area (Å²) in [5.41, 5.74) is 1.52. The number of thioether (sulfide) groups is 1. The first-order valence-corrected chi connectivity index (χ1v) is 8.44. The lowest BCUT2D eigenvalue weighted by molar-refractivity contribution is -0.385. The third-order valence-corrected chi connectivity index (χ3v) is 4.55. The van der Waals surface area contributed by atoms with Crippen LogP contribution < -0.4 is 5.32 Å². The number of nitrogens with zero attached hydrogens (tertiary/aromatic N) is 3. The van der Waals surface area contributed by atoms with E-state index >= 15 is 0 Å². The van der Waals surface area contributed by atoms with Gasteiger partial charge in [-0.2, -0.15) is 0 Å². The normalized spacial score (nSPS) is 16.6. The molecule has 1 amide bonds. The van der Waals surface area contributed by atoms with E-state index in [-0.39, 0.29) is 17.3 Å². The molecule has 0 aromatic heterocycles. The van der Waals surface area contributed by atoms with Gasteiger partial charge in [-0.25, -0.2) is 4.99 Å². The number of rotatable bonds is 4. The van der Waals surface area contributed by atoms with Crippen LogP contribution in [0.5, 0.6) is 0 Å². The van der Waals surface area contributed by atoms with Crippen LogP contribution in [-0.2, 0) is 4.79 Å². The molecule has 3 rings (SSSR count). The van der Waals surface area contributed by atoms with Gasteiger partial charge in [-0.1, -0.05) is 12.1 Å². The lowest BCUT2D eigenvalue weighted by Crippen LogP contribution is -2.19. The highest BCUT2D eigenvalue weighted by molar-refractivity contribution is 8.18. The average Bonchev–Trinajstić information content (AvgIpc) is 2.96. The summed E-state index contributed by atoms with van der Waals surface area (Å²) in [6, 6.07) is 10.2. The first-order valence-electron chi connectivity index (χ1n) is 7.62.